The van der Waals surface area contributed by atoms with Gasteiger partial charge in [-0.05, 0) is 60.7 Å². The highest BCUT2D eigenvalue weighted by molar-refractivity contribution is 7.89. The Bertz CT molecular complexity index is 1230. The van der Waals surface area contributed by atoms with E-state index in [4.69, 9.17) is 11.6 Å². The quantitative estimate of drug-likeness (QED) is 0.540. The lowest BCUT2D eigenvalue weighted by atomic mass is 10.2. The van der Waals surface area contributed by atoms with E-state index in [1.807, 2.05) is 0 Å². The molecule has 0 saturated heterocycles. The molecule has 0 fully saturated rings. The number of carbonyl (C=O) groups excluding carboxylic acids is 2. The Morgan fingerprint density at radius 2 is 1.47 bits per heavy atom. The number of sulfonamides is 1. The molecule has 2 N–H and O–H groups in total. The Morgan fingerprint density at radius 3 is 2.06 bits per heavy atom. The zero-order valence-corrected chi connectivity index (χ0v) is 18.5. The lowest BCUT2D eigenvalue weighted by Gasteiger charge is -2.18. The number of carbonyl (C=O) groups is 2. The van der Waals surface area contributed by atoms with Crippen LogP contribution in [0.4, 0.5) is 15.8 Å². The normalized spacial score (nSPS) is 11.2. The molecular weight excluding hydrogens is 457 g/mol. The third kappa shape index (κ3) is 5.70. The molecule has 32 heavy (non-hydrogen) atoms. The Balaban J connectivity index is 1.69. The van der Waals surface area contributed by atoms with Crippen LogP contribution in [-0.2, 0) is 14.8 Å². The summed E-state index contributed by atoms with van der Waals surface area (Å²) in [6.07, 6.45) is 0. The van der Waals surface area contributed by atoms with E-state index in [2.05, 4.69) is 10.6 Å². The highest BCUT2D eigenvalue weighted by atomic mass is 35.5. The van der Waals surface area contributed by atoms with Crippen LogP contribution in [-0.4, -0.2) is 38.1 Å². The van der Waals surface area contributed by atoms with Crippen LogP contribution in [0.15, 0.2) is 77.7 Å². The summed E-state index contributed by atoms with van der Waals surface area (Å²) in [5.41, 5.74) is 1.01. The largest absolute Gasteiger partial charge is 0.323 e. The molecule has 3 rings (SSSR count). The number of nitrogens with one attached hydrogen (secondary N) is 2. The Morgan fingerprint density at radius 1 is 0.906 bits per heavy atom. The molecule has 0 atom stereocenters. The molecule has 0 aliphatic carbocycles. The van der Waals surface area contributed by atoms with E-state index in [9.17, 15) is 22.4 Å². The van der Waals surface area contributed by atoms with Gasteiger partial charge in [-0.25, -0.2) is 12.8 Å². The van der Waals surface area contributed by atoms with Crippen LogP contribution in [0.2, 0.25) is 5.02 Å². The first-order chi connectivity index (χ1) is 15.2. The van der Waals surface area contributed by atoms with Crippen molar-refractivity contribution in [3.63, 3.8) is 0 Å². The molecule has 10 heteroatoms. The minimum absolute atomic E-state index is 0.134. The predicted molar refractivity (Wildman–Crippen MR) is 121 cm³/mol. The average Bonchev–Trinajstić information content (AvgIpc) is 2.75. The maximum atomic E-state index is 13.1. The van der Waals surface area contributed by atoms with Crippen molar-refractivity contribution in [2.45, 2.75) is 4.90 Å². The number of para-hydroxylation sites is 2. The Hall–Kier alpha value is -3.27. The van der Waals surface area contributed by atoms with Gasteiger partial charge in [0.15, 0.2) is 0 Å². The number of hydrogen-bond donors (Lipinski definition) is 2. The zero-order chi connectivity index (χ0) is 23.3. The van der Waals surface area contributed by atoms with Gasteiger partial charge in [-0.3, -0.25) is 9.59 Å². The van der Waals surface area contributed by atoms with Gasteiger partial charge in [-0.2, -0.15) is 4.31 Å². The van der Waals surface area contributed by atoms with E-state index in [1.165, 1.54) is 7.05 Å². The van der Waals surface area contributed by atoms with Crippen molar-refractivity contribution < 1.29 is 22.4 Å². The van der Waals surface area contributed by atoms with Gasteiger partial charge in [0.25, 0.3) is 5.91 Å². The summed E-state index contributed by atoms with van der Waals surface area (Å²) in [5, 5.41) is 5.80. The lowest BCUT2D eigenvalue weighted by molar-refractivity contribution is -0.116. The number of rotatable bonds is 7. The summed E-state index contributed by atoms with van der Waals surface area (Å²) < 4.78 is 39.1. The molecule has 0 spiro atoms. The molecular formula is C22H19ClFN3O4S. The first-order valence-corrected chi connectivity index (χ1v) is 11.2. The van der Waals surface area contributed by atoms with Crippen molar-refractivity contribution in [2.75, 3.05) is 24.2 Å². The molecule has 0 radical (unpaired) electrons. The standard InChI is InChI=1S/C22H19ClFN3O4S/c1-27(32(30,31)18-12-10-17(24)11-13-18)14-21(28)25-19-4-2-3-5-20(19)26-22(29)15-6-8-16(23)9-7-15/h2-13H,14H2,1H3,(H,25,28)(H,26,29). The SMILES string of the molecule is CN(CC(=O)Nc1ccccc1NC(=O)c1ccc(Cl)cc1)S(=O)(=O)c1ccc(F)cc1. The number of benzene rings is 3. The van der Waals surface area contributed by atoms with Gasteiger partial charge in [-0.15, -0.1) is 0 Å². The first kappa shape index (κ1) is 23.4. The number of halogens is 2. The molecule has 0 unspecified atom stereocenters. The van der Waals surface area contributed by atoms with Gasteiger partial charge in [0.1, 0.15) is 5.82 Å². The van der Waals surface area contributed by atoms with E-state index >= 15 is 0 Å². The fourth-order valence-electron chi connectivity index (χ4n) is 2.76. The van der Waals surface area contributed by atoms with E-state index in [0.717, 1.165) is 28.6 Å². The van der Waals surface area contributed by atoms with Gasteiger partial charge in [0.05, 0.1) is 22.8 Å². The van der Waals surface area contributed by atoms with Crippen LogP contribution in [0.3, 0.4) is 0 Å². The molecule has 3 aromatic rings. The van der Waals surface area contributed by atoms with Crippen molar-refractivity contribution in [2.24, 2.45) is 0 Å². The van der Waals surface area contributed by atoms with Gasteiger partial charge >= 0.3 is 0 Å². The molecule has 0 saturated carbocycles. The van der Waals surface area contributed by atoms with Crippen LogP contribution in [0.1, 0.15) is 10.4 Å². The minimum Gasteiger partial charge on any atom is -0.323 e. The van der Waals surface area contributed by atoms with Crippen LogP contribution in [0.25, 0.3) is 0 Å². The smallest absolute Gasteiger partial charge is 0.255 e. The molecule has 3 aromatic carbocycles. The molecule has 166 valence electrons. The molecule has 0 aliphatic heterocycles. The van der Waals surface area contributed by atoms with Gasteiger partial charge in [0, 0.05) is 17.6 Å². The van der Waals surface area contributed by atoms with Crippen LogP contribution in [0.5, 0.6) is 0 Å². The van der Waals surface area contributed by atoms with Crippen molar-refractivity contribution in [1.29, 1.82) is 0 Å². The fourth-order valence-corrected chi connectivity index (χ4v) is 4.01. The maximum Gasteiger partial charge on any atom is 0.255 e. The first-order valence-electron chi connectivity index (χ1n) is 9.34. The van der Waals surface area contributed by atoms with Crippen LogP contribution < -0.4 is 10.6 Å². The summed E-state index contributed by atoms with van der Waals surface area (Å²) in [7, 11) is -2.74. The van der Waals surface area contributed by atoms with E-state index < -0.39 is 34.2 Å². The monoisotopic (exact) mass is 475 g/mol. The molecule has 0 aromatic heterocycles. The van der Waals surface area contributed by atoms with Crippen molar-refractivity contribution in [1.82, 2.24) is 4.31 Å². The maximum absolute atomic E-state index is 13.1. The highest BCUT2D eigenvalue weighted by Crippen LogP contribution is 2.22. The van der Waals surface area contributed by atoms with Crippen LogP contribution >= 0.6 is 11.6 Å². The van der Waals surface area contributed by atoms with Crippen molar-refractivity contribution in [3.8, 4) is 0 Å². The zero-order valence-electron chi connectivity index (χ0n) is 16.9. The highest BCUT2D eigenvalue weighted by Gasteiger charge is 2.23. The second-order valence-corrected chi connectivity index (χ2v) is 9.25. The number of nitrogens with zero attached hydrogens (tertiary/aromatic N) is 1. The Labute approximate surface area is 189 Å². The molecule has 0 heterocycles. The van der Waals surface area contributed by atoms with Crippen LogP contribution in [0, 0.1) is 5.82 Å². The summed E-state index contributed by atoms with van der Waals surface area (Å²) in [6.45, 7) is -0.487. The van der Waals surface area contributed by atoms with E-state index in [0.29, 0.717) is 22.0 Å². The molecule has 0 bridgehead atoms. The fraction of sp³-hybridized carbons (Fsp3) is 0.0909. The number of hydrogen-bond acceptors (Lipinski definition) is 4. The summed E-state index contributed by atoms with van der Waals surface area (Å²) in [4.78, 5) is 24.8. The molecule has 0 aliphatic rings. The van der Waals surface area contributed by atoms with E-state index in [1.54, 1.807) is 48.5 Å². The lowest BCUT2D eigenvalue weighted by Crippen LogP contribution is -2.35. The van der Waals surface area contributed by atoms with Crippen molar-refractivity contribution >= 4 is 44.8 Å². The van der Waals surface area contributed by atoms with E-state index in [-0.39, 0.29) is 4.90 Å². The second kappa shape index (κ2) is 9.90. The average molecular weight is 476 g/mol. The number of anilines is 2. The topological polar surface area (TPSA) is 95.6 Å². The second-order valence-electron chi connectivity index (χ2n) is 6.77. The van der Waals surface area contributed by atoms with Gasteiger partial charge in [-0.1, -0.05) is 23.7 Å². The minimum atomic E-state index is -3.99. The molecule has 7 nitrogen and oxygen atoms in total. The third-order valence-corrected chi connectivity index (χ3v) is 6.51. The predicted octanol–water partition coefficient (Wildman–Crippen LogP) is 3.99. The number of likely N-dealkylation sites (N-methyl/N-ethyl adjacent to an activating group) is 1. The summed E-state index contributed by atoms with van der Waals surface area (Å²) >= 11 is 5.84. The van der Waals surface area contributed by atoms with Crippen molar-refractivity contribution in [3.05, 3.63) is 89.2 Å². The number of amides is 2. The third-order valence-electron chi connectivity index (χ3n) is 4.44. The van der Waals surface area contributed by atoms with Gasteiger partial charge in [0.2, 0.25) is 15.9 Å². The van der Waals surface area contributed by atoms with Gasteiger partial charge < -0.3 is 10.6 Å². The summed E-state index contributed by atoms with van der Waals surface area (Å²) in [5.74, 6) is -1.59. The molecule has 2 amide bonds. The Kier molecular flexibility index (Phi) is 7.24. The summed E-state index contributed by atoms with van der Waals surface area (Å²) in [6, 6.07) is 17.1.